The molecule has 5 heteroatoms. The van der Waals surface area contributed by atoms with Gasteiger partial charge in [-0.1, -0.05) is 105 Å². The summed E-state index contributed by atoms with van der Waals surface area (Å²) < 4.78 is 65.6. The van der Waals surface area contributed by atoms with Gasteiger partial charge >= 0.3 is 0 Å². The van der Waals surface area contributed by atoms with E-state index < -0.39 is 19.6 Å². The molecule has 0 bridgehead atoms. The summed E-state index contributed by atoms with van der Waals surface area (Å²) in [6, 6.07) is 54.8. The second kappa shape index (κ2) is 28.8. The summed E-state index contributed by atoms with van der Waals surface area (Å²) in [6.07, 6.45) is 27.0. The maximum absolute atomic E-state index is 8.33. The van der Waals surface area contributed by atoms with Gasteiger partial charge < -0.3 is 0 Å². The molecule has 0 amide bonds. The van der Waals surface area contributed by atoms with Gasteiger partial charge in [-0.3, -0.25) is 0 Å². The lowest BCUT2D eigenvalue weighted by Gasteiger charge is -2.17. The Hall–Kier alpha value is -8.15. The van der Waals surface area contributed by atoms with E-state index in [0.29, 0.717) is 5.69 Å². The third kappa shape index (κ3) is 14.2. The van der Waals surface area contributed by atoms with E-state index in [0.717, 1.165) is 11.1 Å². The molecule has 0 N–H and O–H groups in total. The molecule has 0 saturated heterocycles. The summed E-state index contributed by atoms with van der Waals surface area (Å²) in [7, 11) is 10.2. The summed E-state index contributed by atoms with van der Waals surface area (Å²) in [5.41, 5.74) is 31.2. The van der Waals surface area contributed by atoms with Crippen molar-refractivity contribution in [1.82, 2.24) is 0 Å². The molecule has 5 nitrogen and oxygen atoms in total. The topological polar surface area (TPSA) is 19.4 Å². The highest BCUT2D eigenvalue weighted by Crippen LogP contribution is 2.34. The predicted molar refractivity (Wildman–Crippen MR) is 365 cm³/mol. The van der Waals surface area contributed by atoms with Crippen molar-refractivity contribution in [3.05, 3.63) is 266 Å². The number of fused-ring (bicyclic) bond motifs is 4. The lowest BCUT2D eigenvalue weighted by atomic mass is 9.88. The minimum Gasteiger partial charge on any atom is -0.201 e. The van der Waals surface area contributed by atoms with Gasteiger partial charge in [0.15, 0.2) is 30.5 Å². The van der Waals surface area contributed by atoms with Crippen molar-refractivity contribution in [2.24, 2.45) is 35.2 Å². The van der Waals surface area contributed by atoms with E-state index in [9.17, 15) is 0 Å². The first kappa shape index (κ1) is 54.0. The molecular weight excluding hydrogens is 1070 g/mol. The number of hydrogen-bond donors (Lipinski definition) is 0. The predicted octanol–water partition coefficient (Wildman–Crippen LogP) is 16.6. The van der Waals surface area contributed by atoms with Crippen molar-refractivity contribution in [1.29, 1.82) is 0 Å². The van der Waals surface area contributed by atoms with Crippen LogP contribution in [-0.2, 0) is 86.6 Å². The Morgan fingerprint density at radius 3 is 1.16 bits per heavy atom. The number of hydrogen-bond acceptors (Lipinski definition) is 0. The SMILES string of the molecule is Cc1ccccc1-c1c2c(cc[n+]1C)CCC2.Cc1ccccc1-c1c2c(cc[n+]1C)CCCC2.Cc1ccccc1-c1cc2c(c[n+]1C)CCC2.Cc1ccccc1-c1cc2c(c[n+]1C)CCCC2.[2H]C([2H])([2H])c1c(C([2H])(C)C([2H])([2H])[2H])ccc(-c2ccccc2C)[n+]1C. The summed E-state index contributed by atoms with van der Waals surface area (Å²) in [5, 5.41) is 0. The first-order valence-corrected chi connectivity index (χ1v) is 32.2. The van der Waals surface area contributed by atoms with E-state index in [4.69, 9.17) is 9.60 Å². The largest absolute Gasteiger partial charge is 0.216 e. The highest BCUT2D eigenvalue weighted by molar-refractivity contribution is 5.68. The standard InChI is InChI=1S/2C17H20N.C17H22N.2C16H18N/c1-13-7-3-6-10-16(13)17-11-14-8-4-5-9-15(14)12-18(17)2;1-13-7-3-5-9-15(13)17-16-10-6-4-8-14(16)11-12-18(17)2;1-12(2)15-10-11-17(18(5)14(15)4)16-9-7-6-8-13(16)3;1-12-6-3-4-9-15(12)16-10-13-7-5-8-14(13)11-17(16)2;1-12-6-3-4-8-14(12)16-15-9-5-7-13(15)10-11-17(16)2/h3,6-7,10-12H,4-5,8-9H2,1-2H3;3,5,7,9,11-12H,4,6,8,10H2,1-2H3;6-12H,1-5H3;3-4,6,9-11H,5,7-8H2,1-2H3;3-4,6,8,10-11H,5,7,9H2,1-2H3/q5*+1/i;;1D3,4D3,12D;;. The van der Waals surface area contributed by atoms with Crippen molar-refractivity contribution in [3.63, 3.8) is 0 Å². The molecule has 0 fully saturated rings. The van der Waals surface area contributed by atoms with E-state index >= 15 is 0 Å². The number of aromatic nitrogens is 5. The molecule has 5 aromatic carbocycles. The maximum atomic E-state index is 8.33. The van der Waals surface area contributed by atoms with Crippen molar-refractivity contribution in [2.45, 2.75) is 151 Å². The molecule has 5 aromatic heterocycles. The number of rotatable bonds is 6. The number of nitrogens with zero attached hydrogens (tertiary/aromatic N) is 5. The summed E-state index contributed by atoms with van der Waals surface area (Å²) in [4.78, 5) is 0. The van der Waals surface area contributed by atoms with Gasteiger partial charge in [0, 0.05) is 102 Å². The second-order valence-electron chi connectivity index (χ2n) is 25.1. The highest BCUT2D eigenvalue weighted by Gasteiger charge is 2.27. The summed E-state index contributed by atoms with van der Waals surface area (Å²) in [6.45, 7) is 6.74. The summed E-state index contributed by atoms with van der Waals surface area (Å²) in [5.74, 6) is -2.03. The van der Waals surface area contributed by atoms with Gasteiger partial charge in [0.05, 0.1) is 0 Å². The van der Waals surface area contributed by atoms with E-state index in [1.54, 1.807) is 52.1 Å². The molecule has 4 aliphatic rings. The Labute approximate surface area is 538 Å². The fourth-order valence-electron chi connectivity index (χ4n) is 13.8. The minimum atomic E-state index is -2.65. The van der Waals surface area contributed by atoms with E-state index in [2.05, 4.69) is 220 Å². The molecule has 0 radical (unpaired) electrons. The first-order valence-electron chi connectivity index (χ1n) is 35.7. The Kier molecular flexibility index (Phi) is 17.7. The zero-order valence-electron chi connectivity index (χ0n) is 61.5. The molecule has 14 rings (SSSR count). The van der Waals surface area contributed by atoms with Gasteiger partial charge in [-0.2, -0.15) is 4.57 Å². The molecule has 5 heterocycles. The maximum Gasteiger partial charge on any atom is 0.216 e. The Bertz CT molecular complexity index is 4400. The Balaban J connectivity index is 0.000000130. The molecular formula is C83H98N5+5. The second-order valence-corrected chi connectivity index (χ2v) is 25.1. The number of benzene rings is 5. The molecule has 0 spiro atoms. The highest BCUT2D eigenvalue weighted by atomic mass is 15.0. The molecule has 4 aliphatic carbocycles. The smallest absolute Gasteiger partial charge is 0.201 e. The average Bonchev–Trinajstić information content (AvgIpc) is 1.00. The third-order valence-corrected chi connectivity index (χ3v) is 18.8. The van der Waals surface area contributed by atoms with Crippen LogP contribution in [0.5, 0.6) is 0 Å². The zero-order valence-corrected chi connectivity index (χ0v) is 54.5. The molecule has 1 atom stereocenters. The number of aryl methyl sites for hydroxylation is 15. The quantitative estimate of drug-likeness (QED) is 0.148. The van der Waals surface area contributed by atoms with E-state index in [1.165, 1.54) is 180 Å². The van der Waals surface area contributed by atoms with Gasteiger partial charge in [-0.15, -0.1) is 0 Å². The minimum absolute atomic E-state index is 0.00710. The van der Waals surface area contributed by atoms with Crippen LogP contribution in [0.4, 0.5) is 0 Å². The van der Waals surface area contributed by atoms with Gasteiger partial charge in [0.25, 0.3) is 0 Å². The van der Waals surface area contributed by atoms with Crippen LogP contribution >= 0.6 is 0 Å². The zero-order chi connectivity index (χ0) is 67.9. The average molecular weight is 1170 g/mol. The van der Waals surface area contributed by atoms with Crippen LogP contribution in [0.15, 0.2) is 183 Å². The van der Waals surface area contributed by atoms with Crippen LogP contribution < -0.4 is 22.8 Å². The van der Waals surface area contributed by atoms with Crippen molar-refractivity contribution < 1.29 is 32.4 Å². The molecule has 1 unspecified atom stereocenters. The lowest BCUT2D eigenvalue weighted by molar-refractivity contribution is -0.667. The lowest BCUT2D eigenvalue weighted by Crippen LogP contribution is -2.36. The summed E-state index contributed by atoms with van der Waals surface area (Å²) >= 11 is 0. The molecule has 0 aliphatic heterocycles. The van der Waals surface area contributed by atoms with Crippen molar-refractivity contribution >= 4 is 0 Å². The Morgan fingerprint density at radius 1 is 0.364 bits per heavy atom. The van der Waals surface area contributed by atoms with Crippen molar-refractivity contribution in [2.75, 3.05) is 0 Å². The van der Waals surface area contributed by atoms with Gasteiger partial charge in [-0.05, 0) is 217 Å². The first-order chi connectivity index (χ1) is 45.3. The molecule has 88 heavy (non-hydrogen) atoms. The molecule has 0 saturated carbocycles. The fraction of sp³-hybridized carbons (Fsp3) is 0.337. The van der Waals surface area contributed by atoms with Crippen LogP contribution in [0.25, 0.3) is 56.3 Å². The van der Waals surface area contributed by atoms with Crippen LogP contribution in [0.3, 0.4) is 0 Å². The van der Waals surface area contributed by atoms with E-state index in [1.807, 2.05) is 31.2 Å². The van der Waals surface area contributed by atoms with Gasteiger partial charge in [0.1, 0.15) is 35.2 Å². The fourth-order valence-corrected chi connectivity index (χ4v) is 13.8. The monoisotopic (exact) mass is 1170 g/mol. The van der Waals surface area contributed by atoms with Crippen LogP contribution in [0, 0.1) is 41.5 Å². The normalized spacial score (nSPS) is 15.6. The van der Waals surface area contributed by atoms with Crippen molar-refractivity contribution in [3.8, 4) is 56.3 Å². The van der Waals surface area contributed by atoms with Crippen LogP contribution in [0.1, 0.15) is 151 Å². The van der Waals surface area contributed by atoms with Gasteiger partial charge in [0.2, 0.25) is 28.5 Å². The van der Waals surface area contributed by atoms with Gasteiger partial charge in [-0.25, -0.2) is 18.3 Å². The Morgan fingerprint density at radius 2 is 0.716 bits per heavy atom. The van der Waals surface area contributed by atoms with Crippen LogP contribution in [0.2, 0.25) is 0 Å². The molecule has 450 valence electrons. The molecule has 10 aromatic rings. The third-order valence-electron chi connectivity index (χ3n) is 18.8. The van der Waals surface area contributed by atoms with Crippen LogP contribution in [-0.4, -0.2) is 0 Å². The number of pyridine rings is 5. The van der Waals surface area contributed by atoms with E-state index in [-0.39, 0.29) is 11.3 Å².